The molecule has 1 N–H and O–H groups in total. The molecule has 0 saturated heterocycles. The molecule has 3 rings (SSSR count). The average Bonchev–Trinajstić information content (AvgIpc) is 2.65. The molecule has 2 aromatic rings. The lowest BCUT2D eigenvalue weighted by molar-refractivity contribution is -0.125. The van der Waals surface area contributed by atoms with Crippen LogP contribution in [0.3, 0.4) is 0 Å². The number of nitrogens with zero attached hydrogens (tertiary/aromatic N) is 1. The maximum Gasteiger partial charge on any atom is 0.268 e. The number of amides is 2. The zero-order valence-electron chi connectivity index (χ0n) is 18.1. The molecule has 0 spiro atoms. The summed E-state index contributed by atoms with van der Waals surface area (Å²) in [5.74, 6) is -3.24. The van der Waals surface area contributed by atoms with Gasteiger partial charge in [-0.15, -0.1) is 0 Å². The number of carbonyl (C=O) groups is 2. The van der Waals surface area contributed by atoms with Crippen LogP contribution < -0.4 is 15.0 Å². The SMILES string of the molecule is Cc1cc2c(c(F)c1NC(=O)CC(C)(C)C)OC(C)C(=O)N2Cc1cc(F)ccc1F. The summed E-state index contributed by atoms with van der Waals surface area (Å²) in [6.07, 6.45) is -0.858. The van der Waals surface area contributed by atoms with E-state index in [1.165, 1.54) is 13.0 Å². The molecule has 5 nitrogen and oxygen atoms in total. The van der Waals surface area contributed by atoms with Crippen molar-refractivity contribution in [2.45, 2.75) is 53.7 Å². The molecule has 2 aromatic carbocycles. The van der Waals surface area contributed by atoms with Gasteiger partial charge in [-0.1, -0.05) is 20.8 Å². The van der Waals surface area contributed by atoms with Crippen molar-refractivity contribution < 1.29 is 27.5 Å². The molecule has 0 saturated carbocycles. The van der Waals surface area contributed by atoms with Crippen molar-refractivity contribution in [3.05, 3.63) is 52.8 Å². The molecular formula is C23H25F3N2O3. The van der Waals surface area contributed by atoms with Crippen LogP contribution in [0.1, 0.15) is 45.2 Å². The molecule has 1 unspecified atom stereocenters. The van der Waals surface area contributed by atoms with Crippen LogP contribution in [0.15, 0.2) is 24.3 Å². The Bertz CT molecular complexity index is 1050. The van der Waals surface area contributed by atoms with E-state index in [2.05, 4.69) is 5.32 Å². The van der Waals surface area contributed by atoms with E-state index in [4.69, 9.17) is 4.74 Å². The van der Waals surface area contributed by atoms with Crippen LogP contribution in [0.5, 0.6) is 5.75 Å². The van der Waals surface area contributed by atoms with Crippen LogP contribution in [0.25, 0.3) is 0 Å². The van der Waals surface area contributed by atoms with Crippen LogP contribution in [0.2, 0.25) is 0 Å². The molecule has 0 aliphatic carbocycles. The number of aryl methyl sites for hydroxylation is 1. The summed E-state index contributed by atoms with van der Waals surface area (Å²) in [4.78, 5) is 26.2. The monoisotopic (exact) mass is 434 g/mol. The summed E-state index contributed by atoms with van der Waals surface area (Å²) < 4.78 is 48.6. The van der Waals surface area contributed by atoms with E-state index in [9.17, 15) is 18.4 Å². The summed E-state index contributed by atoms with van der Waals surface area (Å²) in [5, 5.41) is 2.59. The predicted molar refractivity (Wildman–Crippen MR) is 111 cm³/mol. The second-order valence-electron chi connectivity index (χ2n) is 8.94. The van der Waals surface area contributed by atoms with Gasteiger partial charge in [0.15, 0.2) is 17.7 Å². The standard InChI is InChI=1S/C23H25F3N2O3/c1-12-8-17-21(19(26)20(12)27-18(29)10-23(3,4)5)31-13(2)22(30)28(17)11-14-9-15(24)6-7-16(14)25/h6-9,13H,10-11H2,1-5H3,(H,27,29). The molecule has 0 aromatic heterocycles. The van der Waals surface area contributed by atoms with Gasteiger partial charge in [-0.2, -0.15) is 0 Å². The van der Waals surface area contributed by atoms with Crippen molar-refractivity contribution in [2.24, 2.45) is 5.41 Å². The van der Waals surface area contributed by atoms with Crippen LogP contribution in [-0.2, 0) is 16.1 Å². The summed E-state index contributed by atoms with van der Waals surface area (Å²) in [5.41, 5.74) is 0.0940. The summed E-state index contributed by atoms with van der Waals surface area (Å²) in [6.45, 7) is 8.40. The maximum atomic E-state index is 15.4. The van der Waals surface area contributed by atoms with Crippen molar-refractivity contribution >= 4 is 23.2 Å². The molecule has 8 heteroatoms. The molecule has 1 heterocycles. The molecular weight excluding hydrogens is 409 g/mol. The van der Waals surface area contributed by atoms with Crippen LogP contribution in [0, 0.1) is 29.8 Å². The highest BCUT2D eigenvalue weighted by molar-refractivity contribution is 6.01. The zero-order valence-corrected chi connectivity index (χ0v) is 18.1. The first kappa shape index (κ1) is 22.7. The molecule has 1 atom stereocenters. The number of anilines is 2. The number of hydrogen-bond acceptors (Lipinski definition) is 3. The van der Waals surface area contributed by atoms with Gasteiger partial charge in [-0.3, -0.25) is 9.59 Å². The summed E-state index contributed by atoms with van der Waals surface area (Å²) in [7, 11) is 0. The van der Waals surface area contributed by atoms with Gasteiger partial charge in [-0.25, -0.2) is 13.2 Å². The normalized spacial score (nSPS) is 16.1. The first-order chi connectivity index (χ1) is 14.4. The predicted octanol–water partition coefficient (Wildman–Crippen LogP) is 5.10. The molecule has 31 heavy (non-hydrogen) atoms. The third kappa shape index (κ3) is 4.84. The quantitative estimate of drug-likeness (QED) is 0.728. The number of ether oxygens (including phenoxy) is 1. The summed E-state index contributed by atoms with van der Waals surface area (Å²) >= 11 is 0. The number of rotatable bonds is 4. The van der Waals surface area contributed by atoms with E-state index in [1.54, 1.807) is 6.92 Å². The Morgan fingerprint density at radius 2 is 1.87 bits per heavy atom. The van der Waals surface area contributed by atoms with Gasteiger partial charge in [0.25, 0.3) is 5.91 Å². The van der Waals surface area contributed by atoms with Crippen LogP contribution in [0.4, 0.5) is 24.5 Å². The number of halogens is 3. The number of hydrogen-bond donors (Lipinski definition) is 1. The second-order valence-corrected chi connectivity index (χ2v) is 8.94. The van der Waals surface area contributed by atoms with E-state index < -0.39 is 29.5 Å². The molecule has 166 valence electrons. The van der Waals surface area contributed by atoms with Crippen molar-refractivity contribution in [3.63, 3.8) is 0 Å². The largest absolute Gasteiger partial charge is 0.476 e. The Morgan fingerprint density at radius 3 is 2.52 bits per heavy atom. The Balaban J connectivity index is 2.01. The lowest BCUT2D eigenvalue weighted by Gasteiger charge is -2.34. The fourth-order valence-electron chi connectivity index (χ4n) is 3.44. The lowest BCUT2D eigenvalue weighted by Crippen LogP contribution is -2.44. The van der Waals surface area contributed by atoms with Crippen LogP contribution >= 0.6 is 0 Å². The highest BCUT2D eigenvalue weighted by atomic mass is 19.1. The Labute approximate surface area is 179 Å². The first-order valence-corrected chi connectivity index (χ1v) is 9.92. The highest BCUT2D eigenvalue weighted by Gasteiger charge is 2.36. The minimum absolute atomic E-state index is 0.0357. The molecule has 0 radical (unpaired) electrons. The third-order valence-corrected chi connectivity index (χ3v) is 4.89. The Hall–Kier alpha value is -3.03. The fourth-order valence-corrected chi connectivity index (χ4v) is 3.44. The highest BCUT2D eigenvalue weighted by Crippen LogP contribution is 2.42. The number of nitrogens with one attached hydrogen (secondary N) is 1. The van der Waals surface area contributed by atoms with Crippen molar-refractivity contribution in [1.29, 1.82) is 0 Å². The molecule has 0 bridgehead atoms. The molecule has 1 aliphatic rings. The number of carbonyl (C=O) groups excluding carboxylic acids is 2. The molecule has 2 amide bonds. The van der Waals surface area contributed by atoms with E-state index in [-0.39, 0.29) is 47.0 Å². The van der Waals surface area contributed by atoms with Gasteiger partial charge < -0.3 is 15.0 Å². The van der Waals surface area contributed by atoms with Gasteiger partial charge in [0.1, 0.15) is 11.6 Å². The maximum absolute atomic E-state index is 15.4. The minimum Gasteiger partial charge on any atom is -0.476 e. The average molecular weight is 434 g/mol. The molecule has 1 aliphatic heterocycles. The van der Waals surface area contributed by atoms with Gasteiger partial charge in [0.05, 0.1) is 17.9 Å². The van der Waals surface area contributed by atoms with Crippen molar-refractivity contribution in [2.75, 3.05) is 10.2 Å². The summed E-state index contributed by atoms with van der Waals surface area (Å²) in [6, 6.07) is 4.44. The van der Waals surface area contributed by atoms with Crippen molar-refractivity contribution in [1.82, 2.24) is 0 Å². The van der Waals surface area contributed by atoms with E-state index in [0.717, 1.165) is 23.1 Å². The van der Waals surface area contributed by atoms with Crippen LogP contribution in [-0.4, -0.2) is 17.9 Å². The third-order valence-electron chi connectivity index (χ3n) is 4.89. The topological polar surface area (TPSA) is 58.6 Å². The molecule has 0 fully saturated rings. The van der Waals surface area contributed by atoms with Gasteiger partial charge in [-0.05, 0) is 49.1 Å². The number of fused-ring (bicyclic) bond motifs is 1. The van der Waals surface area contributed by atoms with Gasteiger partial charge in [0, 0.05) is 12.0 Å². The Kier molecular flexibility index (Phi) is 6.02. The fraction of sp³-hybridized carbons (Fsp3) is 0.391. The van der Waals surface area contributed by atoms with E-state index in [1.807, 2.05) is 20.8 Å². The number of benzene rings is 2. The van der Waals surface area contributed by atoms with E-state index in [0.29, 0.717) is 5.56 Å². The van der Waals surface area contributed by atoms with Crippen molar-refractivity contribution in [3.8, 4) is 5.75 Å². The first-order valence-electron chi connectivity index (χ1n) is 9.92. The van der Waals surface area contributed by atoms with Gasteiger partial charge >= 0.3 is 0 Å². The Morgan fingerprint density at radius 1 is 1.19 bits per heavy atom. The second kappa shape index (κ2) is 8.24. The van der Waals surface area contributed by atoms with E-state index >= 15 is 4.39 Å². The van der Waals surface area contributed by atoms with Gasteiger partial charge in [0.2, 0.25) is 5.91 Å². The lowest BCUT2D eigenvalue weighted by atomic mass is 9.92. The smallest absolute Gasteiger partial charge is 0.268 e. The zero-order chi connectivity index (χ0) is 23.1. The minimum atomic E-state index is -1.04.